The van der Waals surface area contributed by atoms with E-state index in [4.69, 9.17) is 16.7 Å². The van der Waals surface area contributed by atoms with Crippen molar-refractivity contribution in [1.82, 2.24) is 9.78 Å². The summed E-state index contributed by atoms with van der Waals surface area (Å²) in [5.74, 6) is -1.04. The Morgan fingerprint density at radius 1 is 1.47 bits per heavy atom. The van der Waals surface area contributed by atoms with Crippen molar-refractivity contribution in [2.75, 3.05) is 0 Å². The van der Waals surface area contributed by atoms with Crippen LogP contribution in [0.4, 0.5) is 0 Å². The Morgan fingerprint density at radius 3 is 2.76 bits per heavy atom. The van der Waals surface area contributed by atoms with E-state index in [1.165, 1.54) is 0 Å². The Labute approximate surface area is 103 Å². The molecule has 2 rings (SSSR count). The van der Waals surface area contributed by atoms with E-state index >= 15 is 0 Å². The number of aryl methyl sites for hydroxylation is 1. The van der Waals surface area contributed by atoms with Crippen LogP contribution in [0, 0.1) is 6.92 Å². The highest BCUT2D eigenvalue weighted by molar-refractivity contribution is 6.31. The van der Waals surface area contributed by atoms with Crippen LogP contribution in [0.2, 0.25) is 5.02 Å². The smallest absolute Gasteiger partial charge is 0.356 e. The first-order chi connectivity index (χ1) is 8.00. The molecule has 1 N–H and O–H groups in total. The van der Waals surface area contributed by atoms with Gasteiger partial charge in [0.15, 0.2) is 5.69 Å². The normalized spacial score (nSPS) is 10.5. The van der Waals surface area contributed by atoms with Crippen LogP contribution in [-0.4, -0.2) is 20.9 Å². The number of halogens is 1. The van der Waals surface area contributed by atoms with Crippen molar-refractivity contribution in [3.05, 3.63) is 40.5 Å². The van der Waals surface area contributed by atoms with Crippen LogP contribution in [0.5, 0.6) is 0 Å². The second kappa shape index (κ2) is 4.22. The largest absolute Gasteiger partial charge is 0.476 e. The lowest BCUT2D eigenvalue weighted by Gasteiger charge is -2.07. The predicted octanol–water partition coefficient (Wildman–Crippen LogP) is 2.75. The molecule has 2 aromatic rings. The summed E-state index contributed by atoms with van der Waals surface area (Å²) in [5.41, 5.74) is 2.57. The highest BCUT2D eigenvalue weighted by Crippen LogP contribution is 2.28. The molecule has 0 atom stereocenters. The number of carboxylic acid groups (broad SMARTS) is 1. The van der Waals surface area contributed by atoms with Gasteiger partial charge in [-0.2, -0.15) is 5.10 Å². The zero-order chi connectivity index (χ0) is 12.6. The first-order valence-electron chi connectivity index (χ1n) is 5.03. The predicted molar refractivity (Wildman–Crippen MR) is 65.4 cm³/mol. The molecule has 0 aliphatic carbocycles. The summed E-state index contributed by atoms with van der Waals surface area (Å²) < 4.78 is 1.54. The minimum Gasteiger partial charge on any atom is -0.476 e. The van der Waals surface area contributed by atoms with E-state index in [0.717, 1.165) is 16.8 Å². The second-order valence-corrected chi connectivity index (χ2v) is 4.16. The van der Waals surface area contributed by atoms with E-state index in [0.29, 0.717) is 5.02 Å². The minimum absolute atomic E-state index is 0.0295. The van der Waals surface area contributed by atoms with Gasteiger partial charge in [0.25, 0.3) is 0 Å². The van der Waals surface area contributed by atoms with Gasteiger partial charge in [-0.25, -0.2) is 4.79 Å². The summed E-state index contributed by atoms with van der Waals surface area (Å²) in [6.45, 7) is 1.89. The molecule has 0 unspecified atom stereocenters. The van der Waals surface area contributed by atoms with Crippen molar-refractivity contribution < 1.29 is 9.90 Å². The monoisotopic (exact) mass is 250 g/mol. The molecule has 5 heteroatoms. The van der Waals surface area contributed by atoms with E-state index in [9.17, 15) is 4.79 Å². The van der Waals surface area contributed by atoms with Crippen LogP contribution in [0.1, 0.15) is 16.1 Å². The first kappa shape index (κ1) is 11.7. The highest BCUT2D eigenvalue weighted by Gasteiger charge is 2.14. The third-order valence-corrected chi connectivity index (χ3v) is 3.05. The summed E-state index contributed by atoms with van der Waals surface area (Å²) in [5, 5.41) is 13.5. The van der Waals surface area contributed by atoms with Crippen LogP contribution in [-0.2, 0) is 7.05 Å². The van der Waals surface area contributed by atoms with Gasteiger partial charge in [-0.3, -0.25) is 4.68 Å². The first-order valence-corrected chi connectivity index (χ1v) is 5.41. The molecule has 17 heavy (non-hydrogen) atoms. The molecule has 0 spiro atoms. The number of nitrogens with zero attached hydrogens (tertiary/aromatic N) is 2. The SMILES string of the molecule is Cc1c(Cl)cccc1-c1cc(C(=O)O)nn1C. The van der Waals surface area contributed by atoms with Gasteiger partial charge >= 0.3 is 5.97 Å². The molecule has 4 nitrogen and oxygen atoms in total. The molecule has 0 aliphatic heterocycles. The van der Waals surface area contributed by atoms with Gasteiger partial charge in [0, 0.05) is 17.6 Å². The Balaban J connectivity index is 2.60. The highest BCUT2D eigenvalue weighted by atomic mass is 35.5. The second-order valence-electron chi connectivity index (χ2n) is 3.76. The fourth-order valence-corrected chi connectivity index (χ4v) is 1.88. The van der Waals surface area contributed by atoms with Crippen molar-refractivity contribution in [1.29, 1.82) is 0 Å². The Hall–Kier alpha value is -1.81. The van der Waals surface area contributed by atoms with Crippen LogP contribution in [0.25, 0.3) is 11.3 Å². The van der Waals surface area contributed by atoms with Gasteiger partial charge in [-0.1, -0.05) is 23.7 Å². The van der Waals surface area contributed by atoms with Crippen LogP contribution < -0.4 is 0 Å². The number of hydrogen-bond donors (Lipinski definition) is 1. The van der Waals surface area contributed by atoms with E-state index in [2.05, 4.69) is 5.10 Å². The lowest BCUT2D eigenvalue weighted by atomic mass is 10.1. The molecule has 1 aromatic carbocycles. The van der Waals surface area contributed by atoms with Gasteiger partial charge in [0.1, 0.15) is 0 Å². The van der Waals surface area contributed by atoms with Crippen molar-refractivity contribution >= 4 is 17.6 Å². The summed E-state index contributed by atoms with van der Waals surface area (Å²) in [4.78, 5) is 10.8. The summed E-state index contributed by atoms with van der Waals surface area (Å²) in [6.07, 6.45) is 0. The number of aromatic carboxylic acids is 1. The quantitative estimate of drug-likeness (QED) is 0.892. The molecule has 0 radical (unpaired) electrons. The molecular formula is C12H11ClN2O2. The molecule has 88 valence electrons. The van der Waals surface area contributed by atoms with E-state index < -0.39 is 5.97 Å². The van der Waals surface area contributed by atoms with Gasteiger partial charge in [-0.15, -0.1) is 0 Å². The van der Waals surface area contributed by atoms with Crippen molar-refractivity contribution in [2.45, 2.75) is 6.92 Å². The summed E-state index contributed by atoms with van der Waals surface area (Å²) >= 11 is 6.04. The molecule has 0 aliphatic rings. The van der Waals surface area contributed by atoms with Gasteiger partial charge < -0.3 is 5.11 Å². The molecular weight excluding hydrogens is 240 g/mol. The van der Waals surface area contributed by atoms with E-state index in [-0.39, 0.29) is 5.69 Å². The van der Waals surface area contributed by atoms with E-state index in [1.807, 2.05) is 19.1 Å². The molecule has 0 fully saturated rings. The molecule has 1 aromatic heterocycles. The molecule has 0 amide bonds. The minimum atomic E-state index is -1.04. The van der Waals surface area contributed by atoms with Crippen molar-refractivity contribution in [3.8, 4) is 11.3 Å². The van der Waals surface area contributed by atoms with Crippen LogP contribution in [0.15, 0.2) is 24.3 Å². The Morgan fingerprint density at radius 2 is 2.18 bits per heavy atom. The standard InChI is InChI=1S/C12H11ClN2O2/c1-7-8(4-3-5-9(7)13)11-6-10(12(16)17)14-15(11)2/h3-6H,1-2H3,(H,16,17). The van der Waals surface area contributed by atoms with Gasteiger partial charge in [0.05, 0.1) is 5.69 Å². The number of benzene rings is 1. The van der Waals surface area contributed by atoms with Crippen molar-refractivity contribution in [2.24, 2.45) is 7.05 Å². The number of aromatic nitrogens is 2. The maximum absolute atomic E-state index is 10.8. The lowest BCUT2D eigenvalue weighted by Crippen LogP contribution is -1.99. The topological polar surface area (TPSA) is 55.1 Å². The summed E-state index contributed by atoms with van der Waals surface area (Å²) in [6, 6.07) is 7.07. The summed E-state index contributed by atoms with van der Waals surface area (Å²) in [7, 11) is 1.71. The fourth-order valence-electron chi connectivity index (χ4n) is 1.71. The fraction of sp³-hybridized carbons (Fsp3) is 0.167. The molecule has 1 heterocycles. The Bertz CT molecular complexity index is 590. The zero-order valence-electron chi connectivity index (χ0n) is 9.44. The molecule has 0 bridgehead atoms. The maximum atomic E-state index is 10.8. The number of rotatable bonds is 2. The van der Waals surface area contributed by atoms with Crippen molar-refractivity contribution in [3.63, 3.8) is 0 Å². The Kier molecular flexibility index (Phi) is 2.90. The number of carboxylic acids is 1. The lowest BCUT2D eigenvalue weighted by molar-refractivity contribution is 0.0689. The molecule has 0 saturated heterocycles. The third-order valence-electron chi connectivity index (χ3n) is 2.64. The van der Waals surface area contributed by atoms with Gasteiger partial charge in [-0.05, 0) is 24.6 Å². The molecule has 0 saturated carbocycles. The third kappa shape index (κ3) is 2.03. The van der Waals surface area contributed by atoms with E-state index in [1.54, 1.807) is 23.9 Å². The maximum Gasteiger partial charge on any atom is 0.356 e. The van der Waals surface area contributed by atoms with Gasteiger partial charge in [0.2, 0.25) is 0 Å². The van der Waals surface area contributed by atoms with Crippen LogP contribution >= 0.6 is 11.6 Å². The zero-order valence-corrected chi connectivity index (χ0v) is 10.2. The number of carbonyl (C=O) groups is 1. The van der Waals surface area contributed by atoms with Crippen LogP contribution in [0.3, 0.4) is 0 Å². The number of hydrogen-bond acceptors (Lipinski definition) is 2. The average molecular weight is 251 g/mol. The average Bonchev–Trinajstić information content (AvgIpc) is 2.65.